The van der Waals surface area contributed by atoms with Gasteiger partial charge in [-0.05, 0) is 60.9 Å². The van der Waals surface area contributed by atoms with Crippen LogP contribution >= 0.6 is 0 Å². The molecule has 0 aromatic carbocycles. The first kappa shape index (κ1) is 15.0. The minimum Gasteiger partial charge on any atom is -0.337 e. The number of carbonyl (C=O) groups excluding carboxylic acids is 1. The fraction of sp³-hybridized carbons (Fsp3) is 0.450. The number of hydrogen-bond acceptors (Lipinski definition) is 3. The van der Waals surface area contributed by atoms with Crippen molar-refractivity contribution in [3.8, 4) is 0 Å². The Morgan fingerprint density at radius 2 is 1.88 bits per heavy atom. The zero-order chi connectivity index (χ0) is 17.1. The van der Waals surface area contributed by atoms with Gasteiger partial charge >= 0.3 is 0 Å². The van der Waals surface area contributed by atoms with Gasteiger partial charge < -0.3 is 4.90 Å². The quantitative estimate of drug-likeness (QED) is 0.864. The number of halogens is 1. The van der Waals surface area contributed by atoms with Gasteiger partial charge in [0.1, 0.15) is 5.82 Å². The zero-order valence-electron chi connectivity index (χ0n) is 14.0. The van der Waals surface area contributed by atoms with Crippen LogP contribution in [0.25, 0.3) is 0 Å². The highest BCUT2D eigenvalue weighted by molar-refractivity contribution is 5.80. The highest BCUT2D eigenvalue weighted by Gasteiger charge is 2.71. The molecule has 4 nitrogen and oxygen atoms in total. The lowest BCUT2D eigenvalue weighted by atomic mass is 9.37. The van der Waals surface area contributed by atoms with Gasteiger partial charge in [-0.1, -0.05) is 0 Å². The van der Waals surface area contributed by atoms with Crippen molar-refractivity contribution in [2.24, 2.45) is 0 Å². The first-order valence-electron chi connectivity index (χ1n) is 8.92. The predicted octanol–water partition coefficient (Wildman–Crippen LogP) is 3.20. The van der Waals surface area contributed by atoms with Gasteiger partial charge in [0.15, 0.2) is 0 Å². The molecule has 1 saturated heterocycles. The summed E-state index contributed by atoms with van der Waals surface area (Å²) in [5, 5.41) is 0. The van der Waals surface area contributed by atoms with E-state index in [4.69, 9.17) is 0 Å². The van der Waals surface area contributed by atoms with Crippen LogP contribution in [0.2, 0.25) is 0 Å². The second-order valence-electron chi connectivity index (χ2n) is 7.94. The number of amides is 1. The Bertz CT molecular complexity index is 818. The topological polar surface area (TPSA) is 46.1 Å². The summed E-state index contributed by atoms with van der Waals surface area (Å²) in [5.41, 5.74) is 2.55. The Morgan fingerprint density at radius 1 is 1.12 bits per heavy atom. The van der Waals surface area contributed by atoms with Crippen LogP contribution in [-0.2, 0) is 10.2 Å². The lowest BCUT2D eigenvalue weighted by Gasteiger charge is -2.74. The number of hydrogen-bond donors (Lipinski definition) is 0. The number of likely N-dealkylation sites (tertiary alicyclic amines) is 1. The molecule has 6 rings (SSSR count). The second kappa shape index (κ2) is 5.10. The summed E-state index contributed by atoms with van der Waals surface area (Å²) >= 11 is 0. The van der Waals surface area contributed by atoms with E-state index in [9.17, 15) is 9.18 Å². The summed E-state index contributed by atoms with van der Waals surface area (Å²) in [6.07, 6.45) is 11.2. The Morgan fingerprint density at radius 3 is 2.56 bits per heavy atom. The van der Waals surface area contributed by atoms with Crippen molar-refractivity contribution in [1.82, 2.24) is 14.9 Å². The van der Waals surface area contributed by atoms with E-state index >= 15 is 0 Å². The molecule has 3 saturated carbocycles. The van der Waals surface area contributed by atoms with Crippen molar-refractivity contribution in [1.29, 1.82) is 0 Å². The van der Waals surface area contributed by atoms with Crippen LogP contribution in [0.1, 0.15) is 49.1 Å². The van der Waals surface area contributed by atoms with Gasteiger partial charge in [-0.3, -0.25) is 14.8 Å². The molecule has 2 bridgehead atoms. The Balaban J connectivity index is 1.27. The van der Waals surface area contributed by atoms with Crippen LogP contribution in [0, 0.1) is 5.82 Å². The average Bonchev–Trinajstić information content (AvgIpc) is 2.55. The van der Waals surface area contributed by atoms with E-state index < -0.39 is 0 Å². The van der Waals surface area contributed by atoms with E-state index in [2.05, 4.69) is 27.0 Å². The normalized spacial score (nSPS) is 33.6. The lowest BCUT2D eigenvalue weighted by molar-refractivity contribution is -0.189. The van der Waals surface area contributed by atoms with Crippen molar-refractivity contribution in [3.63, 3.8) is 0 Å². The molecule has 5 heteroatoms. The van der Waals surface area contributed by atoms with Gasteiger partial charge in [-0.2, -0.15) is 0 Å². The molecule has 2 aromatic heterocycles. The highest BCUT2D eigenvalue weighted by atomic mass is 19.1. The van der Waals surface area contributed by atoms with E-state index in [-0.39, 0.29) is 28.6 Å². The molecule has 1 amide bonds. The highest BCUT2D eigenvalue weighted by Crippen LogP contribution is 2.70. The average molecular weight is 337 g/mol. The van der Waals surface area contributed by atoms with Gasteiger partial charge in [0.05, 0.1) is 6.20 Å². The van der Waals surface area contributed by atoms with Crippen molar-refractivity contribution < 1.29 is 9.18 Å². The lowest BCUT2D eigenvalue weighted by Crippen LogP contribution is -2.78. The molecule has 0 N–H and O–H groups in total. The van der Waals surface area contributed by atoms with Crippen molar-refractivity contribution >= 4 is 5.91 Å². The minimum absolute atomic E-state index is 0.0749. The molecule has 0 radical (unpaired) electrons. The molecule has 0 spiro atoms. The summed E-state index contributed by atoms with van der Waals surface area (Å²) in [7, 11) is 0. The van der Waals surface area contributed by atoms with E-state index in [1.54, 1.807) is 6.20 Å². The predicted molar refractivity (Wildman–Crippen MR) is 90.4 cm³/mol. The number of aromatic nitrogens is 2. The molecule has 4 fully saturated rings. The zero-order valence-corrected chi connectivity index (χ0v) is 14.0. The van der Waals surface area contributed by atoms with Crippen molar-refractivity contribution in [2.45, 2.75) is 49.0 Å². The Hall–Kier alpha value is -2.30. The third-order valence-corrected chi connectivity index (χ3v) is 6.49. The molecule has 3 aliphatic carbocycles. The third-order valence-electron chi connectivity index (χ3n) is 6.49. The molecule has 25 heavy (non-hydrogen) atoms. The first-order chi connectivity index (χ1) is 12.1. The van der Waals surface area contributed by atoms with Crippen LogP contribution in [0.5, 0.6) is 0 Å². The molecule has 128 valence electrons. The molecule has 1 aliphatic heterocycles. The fourth-order valence-electron chi connectivity index (χ4n) is 5.30. The molecule has 1 unspecified atom stereocenters. The van der Waals surface area contributed by atoms with Gasteiger partial charge in [0.25, 0.3) is 0 Å². The summed E-state index contributed by atoms with van der Waals surface area (Å²) in [6, 6.07) is 5.72. The largest absolute Gasteiger partial charge is 0.337 e. The summed E-state index contributed by atoms with van der Waals surface area (Å²) in [4.78, 5) is 22.9. The molecule has 4 aliphatic rings. The fourth-order valence-corrected chi connectivity index (χ4v) is 5.30. The number of rotatable bonds is 3. The van der Waals surface area contributed by atoms with Gasteiger partial charge in [-0.15, -0.1) is 0 Å². The van der Waals surface area contributed by atoms with Crippen molar-refractivity contribution in [3.05, 3.63) is 59.9 Å². The van der Waals surface area contributed by atoms with Crippen LogP contribution in [0.15, 0.2) is 43.0 Å². The number of pyridine rings is 2. The second-order valence-corrected chi connectivity index (χ2v) is 7.94. The molecule has 1 atom stereocenters. The summed E-state index contributed by atoms with van der Waals surface area (Å²) in [5.74, 6) is -0.0249. The Labute approximate surface area is 146 Å². The SMILES string of the molecule is O=C1CC(c2cncc(F)c2)CCN1C12CC(c3ccncc3)(C1)C2. The number of piperidine rings is 1. The van der Waals surface area contributed by atoms with Crippen molar-refractivity contribution in [2.75, 3.05) is 6.54 Å². The Kier molecular flexibility index (Phi) is 3.06. The van der Waals surface area contributed by atoms with E-state index in [1.165, 1.54) is 17.8 Å². The molecule has 2 aromatic rings. The number of nitrogens with zero attached hydrogens (tertiary/aromatic N) is 3. The number of carbonyl (C=O) groups is 1. The summed E-state index contributed by atoms with van der Waals surface area (Å²) < 4.78 is 13.4. The van der Waals surface area contributed by atoms with Gasteiger partial charge in [0, 0.05) is 42.5 Å². The third kappa shape index (κ3) is 2.14. The maximum absolute atomic E-state index is 13.4. The van der Waals surface area contributed by atoms with Gasteiger partial charge in [0.2, 0.25) is 5.91 Å². The molecular formula is C20H20FN3O. The molecular weight excluding hydrogens is 317 g/mol. The van der Waals surface area contributed by atoms with Crippen LogP contribution in [0.3, 0.4) is 0 Å². The van der Waals surface area contributed by atoms with E-state index in [1.807, 2.05) is 12.4 Å². The minimum atomic E-state index is -0.328. The van der Waals surface area contributed by atoms with Crippen LogP contribution in [-0.4, -0.2) is 32.9 Å². The van der Waals surface area contributed by atoms with Crippen LogP contribution in [0.4, 0.5) is 4.39 Å². The van der Waals surface area contributed by atoms with E-state index in [0.29, 0.717) is 6.42 Å². The summed E-state index contributed by atoms with van der Waals surface area (Å²) in [6.45, 7) is 0.770. The smallest absolute Gasteiger partial charge is 0.223 e. The molecule has 3 heterocycles. The maximum Gasteiger partial charge on any atom is 0.223 e. The first-order valence-corrected chi connectivity index (χ1v) is 8.92. The van der Waals surface area contributed by atoms with E-state index in [0.717, 1.165) is 37.8 Å². The van der Waals surface area contributed by atoms with Crippen LogP contribution < -0.4 is 0 Å². The monoisotopic (exact) mass is 337 g/mol. The van der Waals surface area contributed by atoms with Gasteiger partial charge in [-0.25, -0.2) is 4.39 Å². The maximum atomic E-state index is 13.4. The standard InChI is InChI=1S/C20H20FN3O/c21-17-7-15(9-23-10-17)14-3-6-24(18(25)8-14)20-11-19(12-20,13-20)16-1-4-22-5-2-16/h1-2,4-5,7,9-10,14H,3,6,8,11-13H2.